The molecule has 37 heavy (non-hydrogen) atoms. The summed E-state index contributed by atoms with van der Waals surface area (Å²) < 4.78 is 33.7. The molecule has 196 valence electrons. The van der Waals surface area contributed by atoms with Crippen molar-refractivity contribution in [1.82, 2.24) is 10.2 Å². The van der Waals surface area contributed by atoms with E-state index in [9.17, 15) is 18.0 Å². The van der Waals surface area contributed by atoms with E-state index < -0.39 is 28.5 Å². The molecule has 0 aromatic heterocycles. The fourth-order valence-corrected chi connectivity index (χ4v) is 5.23. The summed E-state index contributed by atoms with van der Waals surface area (Å²) in [7, 11) is -2.52. The molecule has 1 atom stereocenters. The third kappa shape index (κ3) is 7.10. The maximum Gasteiger partial charge on any atom is 0.264 e. The van der Waals surface area contributed by atoms with Crippen LogP contribution in [0.15, 0.2) is 89.8 Å². The van der Waals surface area contributed by atoms with E-state index >= 15 is 0 Å². The molecule has 0 aliphatic rings. The van der Waals surface area contributed by atoms with Crippen LogP contribution in [-0.4, -0.2) is 50.9 Å². The summed E-state index contributed by atoms with van der Waals surface area (Å²) in [6, 6.07) is 22.6. The number of nitrogens with zero attached hydrogens (tertiary/aromatic N) is 2. The average Bonchev–Trinajstić information content (AvgIpc) is 2.90. The van der Waals surface area contributed by atoms with Crippen molar-refractivity contribution in [2.45, 2.75) is 44.3 Å². The zero-order valence-corrected chi connectivity index (χ0v) is 22.3. The first kappa shape index (κ1) is 27.7. The molecule has 0 heterocycles. The lowest BCUT2D eigenvalue weighted by atomic mass is 10.1. The van der Waals surface area contributed by atoms with Crippen LogP contribution in [0.2, 0.25) is 0 Å². The Bertz CT molecular complexity index is 1300. The van der Waals surface area contributed by atoms with Crippen LogP contribution < -0.4 is 14.4 Å². The van der Waals surface area contributed by atoms with Gasteiger partial charge in [0.1, 0.15) is 18.3 Å². The number of sulfonamides is 1. The summed E-state index contributed by atoms with van der Waals surface area (Å²) >= 11 is 0. The summed E-state index contributed by atoms with van der Waals surface area (Å²) in [6.07, 6.45) is 0. The monoisotopic (exact) mass is 523 g/mol. The summed E-state index contributed by atoms with van der Waals surface area (Å²) in [4.78, 5) is 28.2. The fourth-order valence-electron chi connectivity index (χ4n) is 3.80. The number of carbonyl (C=O) groups is 2. The summed E-state index contributed by atoms with van der Waals surface area (Å²) in [5.41, 5.74) is 1.09. The maximum absolute atomic E-state index is 13.8. The molecule has 2 amide bonds. The Morgan fingerprint density at radius 1 is 0.892 bits per heavy atom. The predicted molar refractivity (Wildman–Crippen MR) is 144 cm³/mol. The van der Waals surface area contributed by atoms with Crippen LogP contribution in [0.25, 0.3) is 0 Å². The minimum atomic E-state index is -4.07. The molecule has 3 rings (SSSR count). The van der Waals surface area contributed by atoms with Gasteiger partial charge in [0.2, 0.25) is 11.8 Å². The summed E-state index contributed by atoms with van der Waals surface area (Å²) in [5.74, 6) is -0.234. The second-order valence-corrected chi connectivity index (χ2v) is 10.7. The Kier molecular flexibility index (Phi) is 9.30. The highest BCUT2D eigenvalue weighted by Crippen LogP contribution is 2.24. The second-order valence-electron chi connectivity index (χ2n) is 8.87. The molecular weight excluding hydrogens is 490 g/mol. The van der Waals surface area contributed by atoms with Gasteiger partial charge in [-0.05, 0) is 62.7 Å². The van der Waals surface area contributed by atoms with E-state index in [1.807, 2.05) is 19.9 Å². The quantitative estimate of drug-likeness (QED) is 0.412. The molecule has 0 spiro atoms. The van der Waals surface area contributed by atoms with Crippen molar-refractivity contribution in [3.63, 3.8) is 0 Å². The van der Waals surface area contributed by atoms with Crippen molar-refractivity contribution in [3.8, 4) is 5.75 Å². The van der Waals surface area contributed by atoms with Crippen molar-refractivity contribution in [2.75, 3.05) is 18.0 Å². The zero-order chi connectivity index (χ0) is 27.0. The Balaban J connectivity index is 2.00. The maximum atomic E-state index is 13.8. The molecule has 9 heteroatoms. The van der Waals surface area contributed by atoms with Crippen molar-refractivity contribution < 1.29 is 22.7 Å². The number of ether oxygens (including phenoxy) is 1. The van der Waals surface area contributed by atoms with Gasteiger partial charge in [-0.25, -0.2) is 8.42 Å². The third-order valence-corrected chi connectivity index (χ3v) is 7.53. The van der Waals surface area contributed by atoms with Gasteiger partial charge in [-0.2, -0.15) is 0 Å². The number of para-hydroxylation sites is 1. The van der Waals surface area contributed by atoms with E-state index in [0.717, 1.165) is 9.87 Å². The predicted octanol–water partition coefficient (Wildman–Crippen LogP) is 3.83. The molecule has 0 unspecified atom stereocenters. The number of rotatable bonds is 11. The minimum absolute atomic E-state index is 0.0663. The van der Waals surface area contributed by atoms with Gasteiger partial charge in [0, 0.05) is 12.6 Å². The van der Waals surface area contributed by atoms with Gasteiger partial charge < -0.3 is 15.0 Å². The van der Waals surface area contributed by atoms with Gasteiger partial charge >= 0.3 is 0 Å². The van der Waals surface area contributed by atoms with E-state index in [0.29, 0.717) is 11.4 Å². The van der Waals surface area contributed by atoms with Crippen LogP contribution in [0.3, 0.4) is 0 Å². The molecule has 0 saturated carbocycles. The van der Waals surface area contributed by atoms with Crippen LogP contribution in [0.4, 0.5) is 5.69 Å². The third-order valence-electron chi connectivity index (χ3n) is 5.74. The fraction of sp³-hybridized carbons (Fsp3) is 0.286. The number of amides is 2. The van der Waals surface area contributed by atoms with E-state index in [1.165, 1.54) is 17.0 Å². The van der Waals surface area contributed by atoms with Gasteiger partial charge in [-0.3, -0.25) is 13.9 Å². The van der Waals surface area contributed by atoms with E-state index in [4.69, 9.17) is 4.74 Å². The van der Waals surface area contributed by atoms with Crippen LogP contribution in [0.5, 0.6) is 5.75 Å². The zero-order valence-electron chi connectivity index (χ0n) is 21.5. The molecule has 0 saturated heterocycles. The first-order chi connectivity index (χ1) is 17.6. The molecule has 0 aliphatic heterocycles. The highest BCUT2D eigenvalue weighted by Gasteiger charge is 2.32. The second kappa shape index (κ2) is 12.4. The van der Waals surface area contributed by atoms with Gasteiger partial charge in [-0.15, -0.1) is 0 Å². The van der Waals surface area contributed by atoms with Crippen molar-refractivity contribution in [2.24, 2.45) is 0 Å². The van der Waals surface area contributed by atoms with Gasteiger partial charge in [0.25, 0.3) is 10.0 Å². The molecular formula is C28H33N3O5S. The van der Waals surface area contributed by atoms with Gasteiger partial charge in [0.05, 0.1) is 17.7 Å². The SMILES string of the molecule is COc1cccc(CN(C(=O)CN(c2ccccc2)S(=O)(=O)c2ccccc2)[C@H](C)C(=O)NC(C)C)c1. The number of carbonyl (C=O) groups excluding carboxylic acids is 2. The average molecular weight is 524 g/mol. The molecule has 0 bridgehead atoms. The summed E-state index contributed by atoms with van der Waals surface area (Å²) in [5, 5.41) is 2.84. The largest absolute Gasteiger partial charge is 0.497 e. The molecule has 0 fully saturated rings. The minimum Gasteiger partial charge on any atom is -0.497 e. The Hall–Kier alpha value is -3.85. The van der Waals surface area contributed by atoms with E-state index in [1.54, 1.807) is 80.8 Å². The van der Waals surface area contributed by atoms with Crippen molar-refractivity contribution in [3.05, 3.63) is 90.5 Å². The number of anilines is 1. The highest BCUT2D eigenvalue weighted by molar-refractivity contribution is 7.92. The number of methoxy groups -OCH3 is 1. The smallest absolute Gasteiger partial charge is 0.264 e. The van der Waals surface area contributed by atoms with Crippen LogP contribution in [0, 0.1) is 0 Å². The standard InChI is InChI=1S/C28H33N3O5S/c1-21(2)29-28(33)22(3)30(19-23-12-11-15-25(18-23)36-4)27(32)20-31(24-13-7-5-8-14-24)37(34,35)26-16-9-6-10-17-26/h5-18,21-22H,19-20H2,1-4H3,(H,29,33)/t22-/m1/s1. The number of hydrogen-bond acceptors (Lipinski definition) is 5. The first-order valence-corrected chi connectivity index (χ1v) is 13.4. The van der Waals surface area contributed by atoms with Crippen molar-refractivity contribution in [1.29, 1.82) is 0 Å². The molecule has 1 N–H and O–H groups in total. The van der Waals surface area contributed by atoms with Gasteiger partial charge in [0.15, 0.2) is 0 Å². The Labute approximate surface area is 218 Å². The van der Waals surface area contributed by atoms with Crippen molar-refractivity contribution >= 4 is 27.5 Å². The molecule has 0 aliphatic carbocycles. The molecule has 3 aromatic carbocycles. The summed E-state index contributed by atoms with van der Waals surface area (Å²) in [6.45, 7) is 4.92. The number of benzene rings is 3. The Morgan fingerprint density at radius 2 is 1.51 bits per heavy atom. The van der Waals surface area contributed by atoms with Crippen LogP contribution in [-0.2, 0) is 26.2 Å². The lowest BCUT2D eigenvalue weighted by molar-refractivity contribution is -0.139. The van der Waals surface area contributed by atoms with E-state index in [-0.39, 0.29) is 23.4 Å². The van der Waals surface area contributed by atoms with Crippen LogP contribution >= 0.6 is 0 Å². The lowest BCUT2D eigenvalue weighted by Gasteiger charge is -2.32. The van der Waals surface area contributed by atoms with Crippen LogP contribution in [0.1, 0.15) is 26.3 Å². The van der Waals surface area contributed by atoms with Gasteiger partial charge in [-0.1, -0.05) is 48.5 Å². The normalized spacial score (nSPS) is 12.0. The van der Waals surface area contributed by atoms with E-state index in [2.05, 4.69) is 5.32 Å². The highest BCUT2D eigenvalue weighted by atomic mass is 32.2. The topological polar surface area (TPSA) is 96.0 Å². The first-order valence-electron chi connectivity index (χ1n) is 12.0. The number of hydrogen-bond donors (Lipinski definition) is 1. The number of nitrogens with one attached hydrogen (secondary N) is 1. The molecule has 8 nitrogen and oxygen atoms in total. The lowest BCUT2D eigenvalue weighted by Crippen LogP contribution is -2.52. The molecule has 0 radical (unpaired) electrons. The molecule has 3 aromatic rings. The Morgan fingerprint density at radius 3 is 2.11 bits per heavy atom.